The zero-order chi connectivity index (χ0) is 24.1. The number of carboxylic acid groups (broad SMARTS) is 1. The monoisotopic (exact) mass is 531 g/mol. The minimum absolute atomic E-state index is 0.0754. The molecule has 1 aliphatic heterocycles. The van der Waals surface area contributed by atoms with Crippen molar-refractivity contribution >= 4 is 27.7 Å². The number of halogens is 1. The first-order chi connectivity index (χ1) is 16.5. The fourth-order valence-electron chi connectivity index (χ4n) is 3.51. The molecule has 34 heavy (non-hydrogen) atoms. The number of nitrogens with one attached hydrogen (secondary N) is 1. The van der Waals surface area contributed by atoms with E-state index in [1.54, 1.807) is 30.3 Å². The molecule has 1 aromatic heterocycles. The van der Waals surface area contributed by atoms with Crippen molar-refractivity contribution in [2.45, 2.75) is 31.1 Å². The molecular formula is C22H22BrN5O6. The van der Waals surface area contributed by atoms with Crippen LogP contribution in [-0.2, 0) is 10.4 Å². The Labute approximate surface area is 202 Å². The zero-order valence-electron chi connectivity index (χ0n) is 17.9. The smallest absolute Gasteiger partial charge is 0.362 e. The van der Waals surface area contributed by atoms with E-state index in [1.807, 2.05) is 0 Å². The lowest BCUT2D eigenvalue weighted by Gasteiger charge is -2.37. The average molecular weight is 532 g/mol. The maximum absolute atomic E-state index is 13.3. The number of fused-ring (bicyclic) bond motifs is 1. The fourth-order valence-corrected chi connectivity index (χ4v) is 3.90. The second-order valence-electron chi connectivity index (χ2n) is 7.50. The Morgan fingerprint density at radius 2 is 1.97 bits per heavy atom. The molecule has 2 heterocycles. The number of nitrogens with zero attached hydrogens (tertiary/aromatic N) is 3. The summed E-state index contributed by atoms with van der Waals surface area (Å²) in [4.78, 5) is 25.5. The van der Waals surface area contributed by atoms with E-state index in [9.17, 15) is 14.7 Å². The van der Waals surface area contributed by atoms with Gasteiger partial charge in [-0.3, -0.25) is 10.5 Å². The van der Waals surface area contributed by atoms with Gasteiger partial charge >= 0.3 is 11.6 Å². The summed E-state index contributed by atoms with van der Waals surface area (Å²) in [5.74, 6) is -1.52. The summed E-state index contributed by atoms with van der Waals surface area (Å²) < 4.78 is 17.2. The first kappa shape index (κ1) is 23.6. The number of nitrogens with two attached hydrogens (primary N) is 1. The predicted molar refractivity (Wildman–Crippen MR) is 122 cm³/mol. The molecule has 0 aliphatic carbocycles. The van der Waals surface area contributed by atoms with Gasteiger partial charge in [-0.1, -0.05) is 22.0 Å². The summed E-state index contributed by atoms with van der Waals surface area (Å²) in [7, 11) is 0. The number of aromatic nitrogens is 4. The molecule has 0 saturated carbocycles. The molecule has 2 aromatic carbocycles. The van der Waals surface area contributed by atoms with Gasteiger partial charge in [0.15, 0.2) is 17.3 Å². The second-order valence-corrected chi connectivity index (χ2v) is 8.29. The van der Waals surface area contributed by atoms with Crippen molar-refractivity contribution in [3.8, 4) is 17.2 Å². The minimum Gasteiger partial charge on any atom is -0.494 e. The van der Waals surface area contributed by atoms with Gasteiger partial charge in [0.25, 0.3) is 0 Å². The molecule has 4 N–H and O–H groups in total. The highest BCUT2D eigenvalue weighted by atomic mass is 79.9. The number of tetrazole rings is 1. The normalized spacial score (nSPS) is 18.9. The van der Waals surface area contributed by atoms with Crippen LogP contribution >= 0.6 is 15.9 Å². The number of aromatic amines is 1. The van der Waals surface area contributed by atoms with Gasteiger partial charge in [0.05, 0.1) is 12.2 Å². The Hall–Kier alpha value is -3.51. The van der Waals surface area contributed by atoms with E-state index in [4.69, 9.17) is 19.9 Å². The zero-order valence-corrected chi connectivity index (χ0v) is 19.5. The lowest BCUT2D eigenvalue weighted by Crippen LogP contribution is -2.60. The van der Waals surface area contributed by atoms with Crippen LogP contribution in [0.15, 0.2) is 42.5 Å². The summed E-state index contributed by atoms with van der Waals surface area (Å²) in [6.07, 6.45) is 1.60. The number of carbonyl (C=O) groups is 2. The molecule has 0 bridgehead atoms. The molecule has 0 spiro atoms. The summed E-state index contributed by atoms with van der Waals surface area (Å²) in [6.45, 7) is 0.589. The highest BCUT2D eigenvalue weighted by Gasteiger charge is 2.58. The summed E-state index contributed by atoms with van der Waals surface area (Å²) in [6, 6.07) is 11.3. The van der Waals surface area contributed by atoms with Crippen molar-refractivity contribution in [1.29, 1.82) is 0 Å². The Kier molecular flexibility index (Phi) is 7.08. The van der Waals surface area contributed by atoms with Crippen molar-refractivity contribution < 1.29 is 28.9 Å². The van der Waals surface area contributed by atoms with Crippen LogP contribution in [0.2, 0.25) is 0 Å². The van der Waals surface area contributed by atoms with Gasteiger partial charge in [0, 0.05) is 10.9 Å². The van der Waals surface area contributed by atoms with Crippen LogP contribution in [0, 0.1) is 0 Å². The van der Waals surface area contributed by atoms with E-state index in [0.29, 0.717) is 17.9 Å². The maximum Gasteiger partial charge on any atom is 0.362 e. The van der Waals surface area contributed by atoms with Gasteiger partial charge in [0.2, 0.25) is 12.1 Å². The Balaban J connectivity index is 1.59. The Morgan fingerprint density at radius 1 is 1.18 bits per heavy atom. The average Bonchev–Trinajstić information content (AvgIpc) is 3.38. The molecule has 1 aliphatic rings. The summed E-state index contributed by atoms with van der Waals surface area (Å²) in [5, 5.41) is 23.9. The van der Waals surface area contributed by atoms with E-state index >= 15 is 0 Å². The molecule has 2 unspecified atom stereocenters. The summed E-state index contributed by atoms with van der Waals surface area (Å²) in [5.41, 5.74) is 4.15. The molecule has 2 atom stereocenters. The molecule has 178 valence electrons. The molecule has 0 radical (unpaired) electrons. The standard InChI is InChI=1S/C22H22BrN5O6/c23-11-2-1-3-12-32-14-9-7-13(8-10-14)17(29)15-5-4-6-16-18(15)34-22(21(30)31,19(24)33-16)20-25-27-28-26-20/h4-10,19H,1-3,11-12,24H2,(H,30,31)(H,25,26,27,28). The number of ether oxygens (including phenoxy) is 3. The number of unbranched alkanes of at least 4 members (excludes halogenated alkanes) is 2. The first-order valence-corrected chi connectivity index (χ1v) is 11.6. The van der Waals surface area contributed by atoms with Crippen LogP contribution < -0.4 is 19.9 Å². The van der Waals surface area contributed by atoms with Crippen LogP contribution in [0.4, 0.5) is 0 Å². The van der Waals surface area contributed by atoms with E-state index in [2.05, 4.69) is 36.6 Å². The quantitative estimate of drug-likeness (QED) is 0.201. The van der Waals surface area contributed by atoms with Crippen LogP contribution in [0.25, 0.3) is 0 Å². The van der Waals surface area contributed by atoms with Gasteiger partial charge in [-0.05, 0) is 60.9 Å². The predicted octanol–water partition coefficient (Wildman–Crippen LogP) is 2.41. The molecular weight excluding hydrogens is 510 g/mol. The molecule has 0 amide bonds. The Bertz CT molecular complexity index is 1160. The third kappa shape index (κ3) is 4.46. The third-order valence-corrected chi connectivity index (χ3v) is 5.86. The number of benzene rings is 2. The van der Waals surface area contributed by atoms with E-state index in [0.717, 1.165) is 24.6 Å². The highest BCUT2D eigenvalue weighted by Crippen LogP contribution is 2.43. The summed E-state index contributed by atoms with van der Waals surface area (Å²) >= 11 is 3.40. The highest BCUT2D eigenvalue weighted by molar-refractivity contribution is 9.09. The van der Waals surface area contributed by atoms with Gasteiger partial charge in [-0.25, -0.2) is 4.79 Å². The maximum atomic E-state index is 13.3. The molecule has 0 fully saturated rings. The van der Waals surface area contributed by atoms with Crippen LogP contribution in [0.1, 0.15) is 41.0 Å². The third-order valence-electron chi connectivity index (χ3n) is 5.30. The van der Waals surface area contributed by atoms with Crippen LogP contribution in [0.3, 0.4) is 0 Å². The SMILES string of the molecule is NC1Oc2cccc(C(=O)c3ccc(OCCCCCBr)cc3)c2OC1(C(=O)O)c1nn[nH]n1. The molecule has 12 heteroatoms. The van der Waals surface area contributed by atoms with Crippen LogP contribution in [-0.4, -0.2) is 55.6 Å². The lowest BCUT2D eigenvalue weighted by atomic mass is 9.97. The number of rotatable bonds is 10. The van der Waals surface area contributed by atoms with E-state index in [-0.39, 0.29) is 22.9 Å². The van der Waals surface area contributed by atoms with E-state index in [1.165, 1.54) is 12.1 Å². The van der Waals surface area contributed by atoms with Crippen molar-refractivity contribution in [3.63, 3.8) is 0 Å². The van der Waals surface area contributed by atoms with E-state index < -0.39 is 23.6 Å². The largest absolute Gasteiger partial charge is 0.494 e. The molecule has 4 rings (SSSR count). The topological polar surface area (TPSA) is 163 Å². The van der Waals surface area contributed by atoms with Gasteiger partial charge in [-0.15, -0.1) is 10.2 Å². The molecule has 3 aromatic rings. The van der Waals surface area contributed by atoms with Crippen molar-refractivity contribution in [1.82, 2.24) is 20.6 Å². The minimum atomic E-state index is -2.30. The number of hydrogen-bond acceptors (Lipinski definition) is 9. The van der Waals surface area contributed by atoms with Gasteiger partial charge in [-0.2, -0.15) is 5.21 Å². The number of alkyl halides is 1. The number of H-pyrrole nitrogens is 1. The number of aliphatic carboxylic acids is 1. The first-order valence-electron chi connectivity index (χ1n) is 10.5. The van der Waals surface area contributed by atoms with Gasteiger partial charge < -0.3 is 19.3 Å². The van der Waals surface area contributed by atoms with Crippen molar-refractivity contribution in [2.75, 3.05) is 11.9 Å². The number of ketones is 1. The number of carboxylic acids is 1. The Morgan fingerprint density at radius 3 is 2.65 bits per heavy atom. The van der Waals surface area contributed by atoms with Crippen molar-refractivity contribution in [2.24, 2.45) is 5.73 Å². The molecule has 11 nitrogen and oxygen atoms in total. The fraction of sp³-hybridized carbons (Fsp3) is 0.318. The van der Waals surface area contributed by atoms with Crippen molar-refractivity contribution in [3.05, 3.63) is 59.4 Å². The van der Waals surface area contributed by atoms with Crippen LogP contribution in [0.5, 0.6) is 17.2 Å². The second kappa shape index (κ2) is 10.2. The number of carbonyl (C=O) groups excluding carboxylic acids is 1. The number of hydrogen-bond donors (Lipinski definition) is 3. The molecule has 0 saturated heterocycles. The lowest BCUT2D eigenvalue weighted by molar-refractivity contribution is -0.171. The number of para-hydroxylation sites is 1. The van der Waals surface area contributed by atoms with Gasteiger partial charge in [0.1, 0.15) is 5.75 Å².